The molecule has 0 aliphatic carbocycles. The molecule has 8 nitrogen and oxygen atoms in total. The van der Waals surface area contributed by atoms with Crippen LogP contribution in [0, 0.1) is 0 Å². The van der Waals surface area contributed by atoms with Crippen LogP contribution in [-0.2, 0) is 0 Å². The van der Waals surface area contributed by atoms with Crippen LogP contribution in [0.2, 0.25) is 0 Å². The second-order valence-corrected chi connectivity index (χ2v) is 6.47. The maximum absolute atomic E-state index is 12.5. The number of hydrogen-bond acceptors (Lipinski definition) is 6. The number of nitrogens with one attached hydrogen (secondary N) is 2. The summed E-state index contributed by atoms with van der Waals surface area (Å²) < 4.78 is 7.05. The number of amides is 2. The van der Waals surface area contributed by atoms with Crippen LogP contribution in [0.1, 0.15) is 18.3 Å². The first-order valence-corrected chi connectivity index (χ1v) is 9.47. The third-order valence-corrected chi connectivity index (χ3v) is 4.42. The minimum atomic E-state index is -0.352. The molecule has 0 fully saturated rings. The van der Waals surface area contributed by atoms with Crippen molar-refractivity contribution in [2.45, 2.75) is 12.5 Å². The molecule has 3 heterocycles. The highest BCUT2D eigenvalue weighted by molar-refractivity contribution is 7.98. The van der Waals surface area contributed by atoms with Crippen LogP contribution in [0.25, 0.3) is 5.65 Å². The van der Waals surface area contributed by atoms with E-state index in [9.17, 15) is 4.79 Å². The molecule has 3 aromatic rings. The molecule has 0 aliphatic heterocycles. The number of carbonyl (C=O) groups excluding carboxylic acids is 1. The zero-order valence-electron chi connectivity index (χ0n) is 14.5. The largest absolute Gasteiger partial charge is 0.480 e. The molecule has 2 N–H and O–H groups in total. The zero-order chi connectivity index (χ0) is 18.4. The third-order valence-electron chi connectivity index (χ3n) is 3.78. The Kier molecular flexibility index (Phi) is 5.90. The highest BCUT2D eigenvalue weighted by atomic mass is 32.2. The van der Waals surface area contributed by atoms with E-state index in [4.69, 9.17) is 4.74 Å². The van der Waals surface area contributed by atoms with Crippen LogP contribution in [0.15, 0.2) is 42.7 Å². The quantitative estimate of drug-likeness (QED) is 0.662. The molecular formula is C17H20N6O2S. The molecule has 0 aliphatic rings. The normalized spacial score (nSPS) is 11.9. The number of methoxy groups -OCH3 is 1. The lowest BCUT2D eigenvalue weighted by atomic mass is 10.2. The molecule has 0 radical (unpaired) electrons. The highest BCUT2D eigenvalue weighted by Crippen LogP contribution is 2.21. The van der Waals surface area contributed by atoms with Gasteiger partial charge in [0.15, 0.2) is 11.5 Å². The van der Waals surface area contributed by atoms with Crippen molar-refractivity contribution < 1.29 is 9.53 Å². The monoisotopic (exact) mass is 372 g/mol. The van der Waals surface area contributed by atoms with E-state index in [1.807, 2.05) is 35.1 Å². The Bertz CT molecular complexity index is 884. The average Bonchev–Trinajstić information content (AvgIpc) is 3.09. The van der Waals surface area contributed by atoms with Crippen LogP contribution in [0.3, 0.4) is 0 Å². The summed E-state index contributed by atoms with van der Waals surface area (Å²) in [6, 6.07) is 8.52. The van der Waals surface area contributed by atoms with Crippen LogP contribution in [0.5, 0.6) is 5.88 Å². The number of anilines is 1. The third kappa shape index (κ3) is 4.05. The van der Waals surface area contributed by atoms with Gasteiger partial charge in [-0.2, -0.15) is 11.8 Å². The van der Waals surface area contributed by atoms with E-state index in [0.29, 0.717) is 17.4 Å². The van der Waals surface area contributed by atoms with Gasteiger partial charge in [0.1, 0.15) is 5.69 Å². The fourth-order valence-corrected chi connectivity index (χ4v) is 3.04. The van der Waals surface area contributed by atoms with Crippen molar-refractivity contribution in [1.29, 1.82) is 0 Å². The molecule has 1 unspecified atom stereocenters. The van der Waals surface area contributed by atoms with E-state index in [1.54, 1.807) is 30.1 Å². The van der Waals surface area contributed by atoms with Gasteiger partial charge in [0.2, 0.25) is 5.88 Å². The molecular weight excluding hydrogens is 352 g/mol. The standard InChI is InChI=1S/C17H20N6O2S/c1-25-16-13(6-5-9-18-16)20-17(24)19-12(8-11-26-2)15-22-21-14-7-3-4-10-23(14)15/h3-7,9-10,12H,8,11H2,1-2H3,(H2,19,20,24). The predicted octanol–water partition coefficient (Wildman–Crippen LogP) is 2.75. The van der Waals surface area contributed by atoms with Gasteiger partial charge in [0, 0.05) is 12.4 Å². The smallest absolute Gasteiger partial charge is 0.319 e. The molecule has 26 heavy (non-hydrogen) atoms. The molecule has 1 atom stereocenters. The Balaban J connectivity index is 1.79. The fourth-order valence-electron chi connectivity index (χ4n) is 2.56. The Labute approximate surface area is 155 Å². The SMILES string of the molecule is COc1ncccc1NC(=O)NC(CCSC)c1nnc2ccccn12. The minimum Gasteiger partial charge on any atom is -0.480 e. The number of urea groups is 1. The first kappa shape index (κ1) is 18.0. The number of aromatic nitrogens is 4. The molecule has 2 amide bonds. The average molecular weight is 372 g/mol. The Morgan fingerprint density at radius 3 is 3.00 bits per heavy atom. The number of ether oxygens (including phenoxy) is 1. The van der Waals surface area contributed by atoms with Crippen molar-refractivity contribution in [3.8, 4) is 5.88 Å². The molecule has 136 valence electrons. The number of carbonyl (C=O) groups is 1. The second kappa shape index (κ2) is 8.52. The summed E-state index contributed by atoms with van der Waals surface area (Å²) >= 11 is 1.71. The van der Waals surface area contributed by atoms with E-state index >= 15 is 0 Å². The summed E-state index contributed by atoms with van der Waals surface area (Å²) in [6.07, 6.45) is 6.25. The van der Waals surface area contributed by atoms with Crippen molar-refractivity contribution in [2.75, 3.05) is 24.4 Å². The van der Waals surface area contributed by atoms with Gasteiger partial charge in [-0.1, -0.05) is 6.07 Å². The van der Waals surface area contributed by atoms with E-state index in [-0.39, 0.29) is 12.1 Å². The van der Waals surface area contributed by atoms with Crippen molar-refractivity contribution in [2.24, 2.45) is 0 Å². The highest BCUT2D eigenvalue weighted by Gasteiger charge is 2.20. The van der Waals surface area contributed by atoms with Gasteiger partial charge in [0.25, 0.3) is 0 Å². The first-order valence-electron chi connectivity index (χ1n) is 8.08. The minimum absolute atomic E-state index is 0.275. The number of thioether (sulfide) groups is 1. The summed E-state index contributed by atoms with van der Waals surface area (Å²) in [5, 5.41) is 14.2. The maximum Gasteiger partial charge on any atom is 0.319 e. The molecule has 0 saturated heterocycles. The summed E-state index contributed by atoms with van der Waals surface area (Å²) in [4.78, 5) is 16.6. The van der Waals surface area contributed by atoms with Gasteiger partial charge < -0.3 is 15.4 Å². The number of rotatable bonds is 7. The lowest BCUT2D eigenvalue weighted by Crippen LogP contribution is -2.34. The second-order valence-electron chi connectivity index (χ2n) is 5.48. The van der Waals surface area contributed by atoms with Crippen LogP contribution < -0.4 is 15.4 Å². The summed E-state index contributed by atoms with van der Waals surface area (Å²) in [5.74, 6) is 1.93. The Hall–Kier alpha value is -2.81. The van der Waals surface area contributed by atoms with Crippen LogP contribution in [0.4, 0.5) is 10.5 Å². The lowest BCUT2D eigenvalue weighted by Gasteiger charge is -2.18. The van der Waals surface area contributed by atoms with E-state index < -0.39 is 0 Å². The predicted molar refractivity (Wildman–Crippen MR) is 102 cm³/mol. The summed E-state index contributed by atoms with van der Waals surface area (Å²) in [6.45, 7) is 0. The van der Waals surface area contributed by atoms with E-state index in [1.165, 1.54) is 7.11 Å². The summed E-state index contributed by atoms with van der Waals surface area (Å²) in [7, 11) is 1.51. The molecule has 0 aromatic carbocycles. The van der Waals surface area contributed by atoms with Gasteiger partial charge in [-0.15, -0.1) is 10.2 Å². The van der Waals surface area contributed by atoms with Gasteiger partial charge in [-0.25, -0.2) is 9.78 Å². The topological polar surface area (TPSA) is 93.4 Å². The number of fused-ring (bicyclic) bond motifs is 1. The number of pyridine rings is 2. The van der Waals surface area contributed by atoms with E-state index in [0.717, 1.165) is 17.8 Å². The zero-order valence-corrected chi connectivity index (χ0v) is 15.4. The van der Waals surface area contributed by atoms with Gasteiger partial charge in [-0.05, 0) is 42.7 Å². The molecule has 3 rings (SSSR count). The van der Waals surface area contributed by atoms with Gasteiger partial charge in [0.05, 0.1) is 13.2 Å². The van der Waals surface area contributed by atoms with Crippen LogP contribution >= 0.6 is 11.8 Å². The van der Waals surface area contributed by atoms with Crippen molar-refractivity contribution in [3.05, 3.63) is 48.5 Å². The van der Waals surface area contributed by atoms with Crippen LogP contribution in [-0.4, -0.2) is 44.7 Å². The van der Waals surface area contributed by atoms with Gasteiger partial charge >= 0.3 is 6.03 Å². The molecule has 0 bridgehead atoms. The van der Waals surface area contributed by atoms with Crippen molar-refractivity contribution >= 4 is 29.1 Å². The van der Waals surface area contributed by atoms with E-state index in [2.05, 4.69) is 25.8 Å². The Morgan fingerprint density at radius 2 is 2.19 bits per heavy atom. The molecule has 9 heteroatoms. The molecule has 0 saturated carbocycles. The van der Waals surface area contributed by atoms with Crippen molar-refractivity contribution in [3.63, 3.8) is 0 Å². The Morgan fingerprint density at radius 1 is 1.31 bits per heavy atom. The first-order chi connectivity index (χ1) is 12.7. The maximum atomic E-state index is 12.5. The number of nitrogens with zero attached hydrogens (tertiary/aromatic N) is 4. The number of hydrogen-bond donors (Lipinski definition) is 2. The molecule has 0 spiro atoms. The fraction of sp³-hybridized carbons (Fsp3) is 0.294. The van der Waals surface area contributed by atoms with Crippen molar-refractivity contribution in [1.82, 2.24) is 24.9 Å². The lowest BCUT2D eigenvalue weighted by molar-refractivity contribution is 0.247. The molecule has 3 aromatic heterocycles. The van der Waals surface area contributed by atoms with Gasteiger partial charge in [-0.3, -0.25) is 4.40 Å². The summed E-state index contributed by atoms with van der Waals surface area (Å²) in [5.41, 5.74) is 1.25.